The van der Waals surface area contributed by atoms with Gasteiger partial charge in [-0.25, -0.2) is 13.6 Å². The Hall–Kier alpha value is -3.36. The number of methoxy groups -OCH3 is 3. The molecule has 2 rings (SSSR count). The molecule has 2 aromatic carbocycles. The highest BCUT2D eigenvalue weighted by atomic mass is 19.1. The van der Waals surface area contributed by atoms with Gasteiger partial charge in [0, 0.05) is 24.2 Å². The van der Waals surface area contributed by atoms with E-state index in [2.05, 4.69) is 5.32 Å². The third-order valence-electron chi connectivity index (χ3n) is 3.75. The number of hydrogen-bond donors (Lipinski definition) is 1. The van der Waals surface area contributed by atoms with Gasteiger partial charge in [0.15, 0.2) is 18.1 Å². The van der Waals surface area contributed by atoms with Crippen molar-refractivity contribution in [1.82, 2.24) is 5.32 Å². The van der Waals surface area contributed by atoms with E-state index in [1.54, 1.807) is 12.1 Å². The maximum absolute atomic E-state index is 13.5. The average molecular weight is 395 g/mol. The summed E-state index contributed by atoms with van der Waals surface area (Å²) in [6, 6.07) is 5.66. The molecule has 2 aromatic rings. The predicted octanol–water partition coefficient (Wildman–Crippen LogP) is 2.46. The lowest BCUT2D eigenvalue weighted by Crippen LogP contribution is -2.28. The third-order valence-corrected chi connectivity index (χ3v) is 3.75. The molecule has 1 N–H and O–H groups in total. The molecular formula is C19H19F2NO6. The minimum atomic E-state index is -1.07. The van der Waals surface area contributed by atoms with Crippen LogP contribution in [-0.4, -0.2) is 39.8 Å². The van der Waals surface area contributed by atoms with Gasteiger partial charge in [-0.15, -0.1) is 0 Å². The SMILES string of the molecule is COc1cc(OC)c(OC)cc1CNC(=O)COC(=O)c1ccc(F)cc1F. The minimum Gasteiger partial charge on any atom is -0.496 e. The molecule has 0 bridgehead atoms. The molecule has 0 aliphatic carbocycles. The molecule has 1 amide bonds. The van der Waals surface area contributed by atoms with Gasteiger partial charge in [-0.05, 0) is 18.2 Å². The third kappa shape index (κ3) is 5.09. The van der Waals surface area contributed by atoms with Gasteiger partial charge in [-0.3, -0.25) is 4.79 Å². The van der Waals surface area contributed by atoms with Crippen molar-refractivity contribution in [2.24, 2.45) is 0 Å². The average Bonchev–Trinajstić information content (AvgIpc) is 2.69. The molecule has 28 heavy (non-hydrogen) atoms. The lowest BCUT2D eigenvalue weighted by Gasteiger charge is -2.14. The Morgan fingerprint density at radius 1 is 0.929 bits per heavy atom. The maximum atomic E-state index is 13.5. The lowest BCUT2D eigenvalue weighted by molar-refractivity contribution is -0.124. The second-order valence-corrected chi connectivity index (χ2v) is 5.50. The van der Waals surface area contributed by atoms with Crippen molar-refractivity contribution in [2.45, 2.75) is 6.54 Å². The van der Waals surface area contributed by atoms with Gasteiger partial charge in [0.2, 0.25) is 0 Å². The summed E-state index contributed by atoms with van der Waals surface area (Å²) in [5.41, 5.74) is 0.139. The first kappa shape index (κ1) is 20.9. The molecule has 0 aliphatic heterocycles. The van der Waals surface area contributed by atoms with Gasteiger partial charge in [-0.2, -0.15) is 0 Å². The molecule has 0 unspecified atom stereocenters. The van der Waals surface area contributed by atoms with Crippen LogP contribution < -0.4 is 19.5 Å². The molecule has 7 nitrogen and oxygen atoms in total. The van der Waals surface area contributed by atoms with Gasteiger partial charge in [-0.1, -0.05) is 0 Å². The first-order valence-electron chi connectivity index (χ1n) is 8.07. The molecule has 0 saturated carbocycles. The van der Waals surface area contributed by atoms with Crippen LogP contribution in [0.3, 0.4) is 0 Å². The highest BCUT2D eigenvalue weighted by Gasteiger charge is 2.16. The van der Waals surface area contributed by atoms with E-state index >= 15 is 0 Å². The van der Waals surface area contributed by atoms with Crippen LogP contribution in [0.1, 0.15) is 15.9 Å². The Morgan fingerprint density at radius 3 is 2.18 bits per heavy atom. The van der Waals surface area contributed by atoms with Crippen LogP contribution >= 0.6 is 0 Å². The molecule has 9 heteroatoms. The fourth-order valence-electron chi connectivity index (χ4n) is 2.34. The topological polar surface area (TPSA) is 83.1 Å². The monoisotopic (exact) mass is 395 g/mol. The van der Waals surface area contributed by atoms with Crippen LogP contribution in [0.25, 0.3) is 0 Å². The van der Waals surface area contributed by atoms with Gasteiger partial charge >= 0.3 is 5.97 Å². The van der Waals surface area contributed by atoms with Gasteiger partial charge in [0.05, 0.1) is 26.9 Å². The highest BCUT2D eigenvalue weighted by Crippen LogP contribution is 2.34. The van der Waals surface area contributed by atoms with Crippen molar-refractivity contribution in [3.05, 3.63) is 53.1 Å². The number of rotatable bonds is 8. The van der Waals surface area contributed by atoms with E-state index in [1.165, 1.54) is 21.3 Å². The van der Waals surface area contributed by atoms with Crippen molar-refractivity contribution in [1.29, 1.82) is 0 Å². The molecule has 0 fully saturated rings. The molecule has 0 radical (unpaired) electrons. The number of carbonyl (C=O) groups excluding carboxylic acids is 2. The quantitative estimate of drug-likeness (QED) is 0.692. The number of carbonyl (C=O) groups is 2. The highest BCUT2D eigenvalue weighted by molar-refractivity contribution is 5.91. The smallest absolute Gasteiger partial charge is 0.341 e. The first-order chi connectivity index (χ1) is 13.4. The number of esters is 1. The summed E-state index contributed by atoms with van der Waals surface area (Å²) in [6.45, 7) is -0.573. The fourth-order valence-corrected chi connectivity index (χ4v) is 2.34. The van der Waals surface area contributed by atoms with Gasteiger partial charge < -0.3 is 24.3 Å². The summed E-state index contributed by atoms with van der Waals surface area (Å²) >= 11 is 0. The van der Waals surface area contributed by atoms with E-state index in [0.29, 0.717) is 28.9 Å². The maximum Gasteiger partial charge on any atom is 0.341 e. The zero-order valence-electron chi connectivity index (χ0n) is 15.5. The van der Waals surface area contributed by atoms with E-state index in [9.17, 15) is 18.4 Å². The molecule has 0 atom stereocenters. The largest absolute Gasteiger partial charge is 0.496 e. The second-order valence-electron chi connectivity index (χ2n) is 5.50. The van der Waals surface area contributed by atoms with Crippen molar-refractivity contribution in [3.8, 4) is 17.2 Å². The molecule has 0 aromatic heterocycles. The number of halogens is 2. The summed E-state index contributed by atoms with van der Waals surface area (Å²) in [6.07, 6.45) is 0. The van der Waals surface area contributed by atoms with Crippen molar-refractivity contribution in [2.75, 3.05) is 27.9 Å². The number of benzene rings is 2. The van der Waals surface area contributed by atoms with E-state index < -0.39 is 35.7 Å². The van der Waals surface area contributed by atoms with Crippen LogP contribution in [0.2, 0.25) is 0 Å². The second kappa shape index (κ2) is 9.54. The van der Waals surface area contributed by atoms with Crippen LogP contribution in [0.5, 0.6) is 17.2 Å². The number of ether oxygens (including phenoxy) is 4. The Morgan fingerprint density at radius 2 is 1.57 bits per heavy atom. The zero-order chi connectivity index (χ0) is 20.7. The molecular weight excluding hydrogens is 376 g/mol. The zero-order valence-corrected chi connectivity index (χ0v) is 15.5. The summed E-state index contributed by atoms with van der Waals surface area (Å²) < 4.78 is 46.8. The van der Waals surface area contributed by atoms with E-state index in [0.717, 1.165) is 12.1 Å². The van der Waals surface area contributed by atoms with Crippen LogP contribution in [-0.2, 0) is 16.1 Å². The van der Waals surface area contributed by atoms with Crippen molar-refractivity contribution < 1.29 is 37.3 Å². The summed E-state index contributed by atoms with van der Waals surface area (Å²) in [5.74, 6) is -2.21. The number of hydrogen-bond acceptors (Lipinski definition) is 6. The molecule has 0 heterocycles. The van der Waals surface area contributed by atoms with Crippen molar-refractivity contribution >= 4 is 11.9 Å². The standard InChI is InChI=1S/C19H19F2NO6/c1-25-15-8-17(27-3)16(26-2)6-11(15)9-22-18(23)10-28-19(24)13-5-4-12(20)7-14(13)21/h4-8H,9-10H2,1-3H3,(H,22,23). The number of amides is 1. The lowest BCUT2D eigenvalue weighted by atomic mass is 10.1. The molecule has 0 saturated heterocycles. The Labute approximate surface area is 160 Å². The fraction of sp³-hybridized carbons (Fsp3) is 0.263. The number of nitrogens with one attached hydrogen (secondary N) is 1. The molecule has 0 aliphatic rings. The van der Waals surface area contributed by atoms with Crippen LogP contribution in [0, 0.1) is 11.6 Å². The minimum absolute atomic E-state index is 0.0603. The predicted molar refractivity (Wildman–Crippen MR) is 94.6 cm³/mol. The molecule has 0 spiro atoms. The van der Waals surface area contributed by atoms with Crippen LogP contribution in [0.4, 0.5) is 8.78 Å². The summed E-state index contributed by atoms with van der Waals surface area (Å²) in [4.78, 5) is 23.7. The Kier molecular flexibility index (Phi) is 7.14. The van der Waals surface area contributed by atoms with E-state index in [4.69, 9.17) is 18.9 Å². The van der Waals surface area contributed by atoms with Gasteiger partial charge in [0.25, 0.3) is 5.91 Å². The Bertz CT molecular complexity index is 872. The summed E-state index contributed by atoms with van der Waals surface area (Å²) in [5, 5.41) is 2.55. The van der Waals surface area contributed by atoms with Crippen molar-refractivity contribution in [3.63, 3.8) is 0 Å². The normalized spacial score (nSPS) is 10.2. The molecule has 150 valence electrons. The van der Waals surface area contributed by atoms with Gasteiger partial charge in [0.1, 0.15) is 17.4 Å². The van der Waals surface area contributed by atoms with E-state index in [-0.39, 0.29) is 6.54 Å². The van der Waals surface area contributed by atoms with Crippen LogP contribution in [0.15, 0.2) is 30.3 Å². The van der Waals surface area contributed by atoms with E-state index in [1.807, 2.05) is 0 Å². The first-order valence-corrected chi connectivity index (χ1v) is 8.07. The Balaban J connectivity index is 1.96. The summed E-state index contributed by atoms with van der Waals surface area (Å²) in [7, 11) is 4.42.